The van der Waals surface area contributed by atoms with Gasteiger partial charge in [-0.2, -0.15) is 18.3 Å². The van der Waals surface area contributed by atoms with Gasteiger partial charge in [0, 0.05) is 28.0 Å². The molecule has 1 amide bonds. The lowest BCUT2D eigenvalue weighted by Gasteiger charge is -2.13. The molecule has 0 spiro atoms. The highest BCUT2D eigenvalue weighted by molar-refractivity contribution is 6.08. The van der Waals surface area contributed by atoms with E-state index in [0.29, 0.717) is 22.5 Å². The van der Waals surface area contributed by atoms with Gasteiger partial charge in [0.2, 0.25) is 0 Å². The maximum Gasteiger partial charge on any atom is 0.416 e. The van der Waals surface area contributed by atoms with Gasteiger partial charge in [0.15, 0.2) is 5.76 Å². The number of hydrazone groups is 1. The Morgan fingerprint density at radius 3 is 2.57 bits per heavy atom. The number of aromatic nitrogens is 1. The molecular weight excluding hydrogens is 455 g/mol. The fraction of sp³-hybridized carbons (Fsp3) is 0.111. The maximum atomic E-state index is 13.1. The topological polar surface area (TPSA) is 59.5 Å². The molecule has 0 saturated heterocycles. The van der Waals surface area contributed by atoms with E-state index in [1.165, 1.54) is 12.3 Å². The van der Waals surface area contributed by atoms with E-state index in [-0.39, 0.29) is 5.76 Å². The third kappa shape index (κ3) is 4.19. The van der Waals surface area contributed by atoms with E-state index in [0.717, 1.165) is 34.0 Å². The molecule has 5 aromatic rings. The molecule has 0 aliphatic carbocycles. The number of carbonyl (C=O) groups excluding carboxylic acids is 1. The second-order valence-corrected chi connectivity index (χ2v) is 8.22. The number of halogens is 3. The maximum absolute atomic E-state index is 13.1. The molecule has 5 rings (SSSR count). The van der Waals surface area contributed by atoms with Gasteiger partial charge >= 0.3 is 12.1 Å². The first-order valence-electron chi connectivity index (χ1n) is 10.8. The Labute approximate surface area is 198 Å². The molecular formula is C27H20F3N3O2. The average molecular weight is 475 g/mol. The number of rotatable bonds is 4. The first kappa shape index (κ1) is 22.5. The summed E-state index contributed by atoms with van der Waals surface area (Å²) in [6.07, 6.45) is -2.97. The van der Waals surface area contributed by atoms with Crippen LogP contribution >= 0.6 is 0 Å². The number of amides is 1. The van der Waals surface area contributed by atoms with Gasteiger partial charge in [-0.1, -0.05) is 36.4 Å². The Morgan fingerprint density at radius 2 is 1.77 bits per heavy atom. The standard InChI is InChI=1S/C27H20F3N3O2/c1-16-12-19(17(2)33(16)21-8-5-7-20(13-21)27(28,29)30)15-31-32-26(34)25-14-23-22-9-4-3-6-18(22)10-11-24(23)35-25/h3-15H,1-2H3,(H,32,34)/b31-15+. The molecule has 2 heterocycles. The summed E-state index contributed by atoms with van der Waals surface area (Å²) in [5.74, 6) is -0.379. The zero-order valence-corrected chi connectivity index (χ0v) is 18.9. The summed E-state index contributed by atoms with van der Waals surface area (Å²) in [7, 11) is 0. The number of furan rings is 1. The zero-order valence-electron chi connectivity index (χ0n) is 18.9. The SMILES string of the molecule is Cc1cc(/C=N/NC(=O)c2cc3c(ccc4ccccc43)o2)c(C)n1-c1cccc(C(F)(F)F)c1. The molecule has 0 aliphatic rings. The van der Waals surface area contributed by atoms with Gasteiger partial charge in [-0.25, -0.2) is 5.43 Å². The van der Waals surface area contributed by atoms with Gasteiger partial charge in [-0.15, -0.1) is 0 Å². The first-order valence-corrected chi connectivity index (χ1v) is 10.8. The van der Waals surface area contributed by atoms with Crippen molar-refractivity contribution < 1.29 is 22.4 Å². The smallest absolute Gasteiger partial charge is 0.416 e. The van der Waals surface area contributed by atoms with Crippen molar-refractivity contribution in [2.45, 2.75) is 20.0 Å². The van der Waals surface area contributed by atoms with Crippen molar-refractivity contribution >= 4 is 33.9 Å². The minimum absolute atomic E-state index is 0.128. The van der Waals surface area contributed by atoms with Crippen LogP contribution in [0.4, 0.5) is 13.2 Å². The van der Waals surface area contributed by atoms with Crippen LogP contribution in [0, 0.1) is 13.8 Å². The van der Waals surface area contributed by atoms with Crippen molar-refractivity contribution in [3.63, 3.8) is 0 Å². The van der Waals surface area contributed by atoms with Crippen LogP contribution in [-0.4, -0.2) is 16.7 Å². The molecule has 1 N–H and O–H groups in total. The lowest BCUT2D eigenvalue weighted by atomic mass is 10.1. The summed E-state index contributed by atoms with van der Waals surface area (Å²) in [5, 5.41) is 6.90. The van der Waals surface area contributed by atoms with E-state index in [9.17, 15) is 18.0 Å². The van der Waals surface area contributed by atoms with Crippen LogP contribution in [-0.2, 0) is 6.18 Å². The van der Waals surface area contributed by atoms with Gasteiger partial charge in [0.05, 0.1) is 11.8 Å². The van der Waals surface area contributed by atoms with Crippen molar-refractivity contribution in [3.05, 3.63) is 101 Å². The fourth-order valence-corrected chi connectivity index (χ4v) is 4.26. The van der Waals surface area contributed by atoms with E-state index in [2.05, 4.69) is 10.5 Å². The van der Waals surface area contributed by atoms with Crippen LogP contribution in [0.2, 0.25) is 0 Å². The summed E-state index contributed by atoms with van der Waals surface area (Å²) in [6, 6.07) is 20.2. The van der Waals surface area contributed by atoms with Crippen LogP contribution in [0.25, 0.3) is 27.4 Å². The molecule has 0 bridgehead atoms. The molecule has 0 unspecified atom stereocenters. The van der Waals surface area contributed by atoms with Crippen LogP contribution in [0.1, 0.15) is 33.1 Å². The largest absolute Gasteiger partial charge is 0.451 e. The number of nitrogens with one attached hydrogen (secondary N) is 1. The van der Waals surface area contributed by atoms with Crippen molar-refractivity contribution in [2.75, 3.05) is 0 Å². The van der Waals surface area contributed by atoms with Gasteiger partial charge in [-0.05, 0) is 61.0 Å². The van der Waals surface area contributed by atoms with Crippen molar-refractivity contribution in [1.82, 2.24) is 9.99 Å². The van der Waals surface area contributed by atoms with E-state index < -0.39 is 17.6 Å². The Balaban J connectivity index is 1.38. The molecule has 176 valence electrons. The molecule has 5 nitrogen and oxygen atoms in total. The summed E-state index contributed by atoms with van der Waals surface area (Å²) < 4.78 is 46.8. The second-order valence-electron chi connectivity index (χ2n) is 8.22. The highest BCUT2D eigenvalue weighted by atomic mass is 19.4. The van der Waals surface area contributed by atoms with E-state index >= 15 is 0 Å². The van der Waals surface area contributed by atoms with E-state index in [4.69, 9.17) is 4.42 Å². The van der Waals surface area contributed by atoms with E-state index in [1.54, 1.807) is 36.6 Å². The lowest BCUT2D eigenvalue weighted by Crippen LogP contribution is -2.16. The number of aryl methyl sites for hydroxylation is 1. The van der Waals surface area contributed by atoms with Gasteiger partial charge in [-0.3, -0.25) is 4.79 Å². The zero-order chi connectivity index (χ0) is 24.7. The van der Waals surface area contributed by atoms with Gasteiger partial charge in [0.1, 0.15) is 5.58 Å². The minimum atomic E-state index is -4.43. The number of hydrogen-bond acceptors (Lipinski definition) is 3. The Morgan fingerprint density at radius 1 is 0.971 bits per heavy atom. The molecule has 35 heavy (non-hydrogen) atoms. The van der Waals surface area contributed by atoms with Crippen LogP contribution in [0.5, 0.6) is 0 Å². The normalized spacial score (nSPS) is 12.1. The number of carbonyl (C=O) groups is 1. The predicted octanol–water partition coefficient (Wildman–Crippen LogP) is 6.78. The van der Waals surface area contributed by atoms with Crippen LogP contribution < -0.4 is 5.43 Å². The van der Waals surface area contributed by atoms with E-state index in [1.807, 2.05) is 36.4 Å². The molecule has 0 fully saturated rings. The summed E-state index contributed by atoms with van der Waals surface area (Å²) in [5.41, 5.74) is 4.82. The molecule has 0 radical (unpaired) electrons. The predicted molar refractivity (Wildman–Crippen MR) is 129 cm³/mol. The molecule has 2 aromatic heterocycles. The van der Waals surface area contributed by atoms with Gasteiger partial charge in [0.25, 0.3) is 0 Å². The van der Waals surface area contributed by atoms with Crippen LogP contribution in [0.3, 0.4) is 0 Å². The fourth-order valence-electron chi connectivity index (χ4n) is 4.26. The van der Waals surface area contributed by atoms with Gasteiger partial charge < -0.3 is 8.98 Å². The Hall–Kier alpha value is -4.33. The number of nitrogens with zero attached hydrogens (tertiary/aromatic N) is 2. The third-order valence-electron chi connectivity index (χ3n) is 5.92. The average Bonchev–Trinajstić information content (AvgIpc) is 3.39. The highest BCUT2D eigenvalue weighted by Crippen LogP contribution is 2.31. The lowest BCUT2D eigenvalue weighted by molar-refractivity contribution is -0.137. The molecule has 8 heteroatoms. The summed E-state index contributed by atoms with van der Waals surface area (Å²) in [6.45, 7) is 3.57. The van der Waals surface area contributed by atoms with Crippen molar-refractivity contribution in [3.8, 4) is 5.69 Å². The molecule has 0 aliphatic heterocycles. The van der Waals surface area contributed by atoms with Crippen LogP contribution in [0.15, 0.2) is 82.3 Å². The quantitative estimate of drug-likeness (QED) is 0.230. The number of hydrogen-bond donors (Lipinski definition) is 1. The number of alkyl halides is 3. The first-order chi connectivity index (χ1) is 16.7. The Bertz CT molecular complexity index is 1610. The number of benzene rings is 3. The molecule has 3 aromatic carbocycles. The summed E-state index contributed by atoms with van der Waals surface area (Å²) in [4.78, 5) is 12.6. The monoisotopic (exact) mass is 475 g/mol. The molecule has 0 saturated carbocycles. The summed E-state index contributed by atoms with van der Waals surface area (Å²) >= 11 is 0. The minimum Gasteiger partial charge on any atom is -0.451 e. The Kier molecular flexibility index (Phi) is 5.43. The molecule has 0 atom stereocenters. The third-order valence-corrected chi connectivity index (χ3v) is 5.92. The van der Waals surface area contributed by atoms with Crippen molar-refractivity contribution in [2.24, 2.45) is 5.10 Å². The number of fused-ring (bicyclic) bond motifs is 3. The second kappa shape index (κ2) is 8.47. The highest BCUT2D eigenvalue weighted by Gasteiger charge is 2.30. The van der Waals surface area contributed by atoms with Crippen molar-refractivity contribution in [1.29, 1.82) is 0 Å².